The Bertz CT molecular complexity index is 266. The van der Waals surface area contributed by atoms with Crippen LogP contribution in [0.2, 0.25) is 0 Å². The van der Waals surface area contributed by atoms with Crippen LogP contribution in [-0.4, -0.2) is 35.8 Å². The Morgan fingerprint density at radius 1 is 1.50 bits per heavy atom. The molecular weight excluding hydrogens is 204 g/mol. The minimum atomic E-state index is -0.371. The fourth-order valence-corrected chi connectivity index (χ4v) is 2.14. The summed E-state index contributed by atoms with van der Waals surface area (Å²) >= 11 is 0. The van der Waals surface area contributed by atoms with Gasteiger partial charge in [-0.05, 0) is 19.3 Å². The second kappa shape index (κ2) is 5.87. The SMILES string of the molecule is CCCC(C)CN1CCC(=O)NC(C)C1=O. The molecule has 1 aliphatic rings. The molecule has 1 rings (SSSR count). The molecule has 2 unspecified atom stereocenters. The summed E-state index contributed by atoms with van der Waals surface area (Å²) in [5, 5.41) is 2.70. The molecule has 0 saturated carbocycles. The summed E-state index contributed by atoms with van der Waals surface area (Å²) in [5.41, 5.74) is 0. The zero-order valence-corrected chi connectivity index (χ0v) is 10.5. The van der Waals surface area contributed by atoms with Crippen molar-refractivity contribution in [3.8, 4) is 0 Å². The van der Waals surface area contributed by atoms with Crippen LogP contribution in [0.1, 0.15) is 40.0 Å². The van der Waals surface area contributed by atoms with Gasteiger partial charge in [0.15, 0.2) is 0 Å². The summed E-state index contributed by atoms with van der Waals surface area (Å²) in [6.07, 6.45) is 2.68. The van der Waals surface area contributed by atoms with Crippen LogP contribution in [0.4, 0.5) is 0 Å². The van der Waals surface area contributed by atoms with Gasteiger partial charge in [0.2, 0.25) is 11.8 Å². The molecule has 16 heavy (non-hydrogen) atoms. The van der Waals surface area contributed by atoms with Gasteiger partial charge >= 0.3 is 0 Å². The van der Waals surface area contributed by atoms with Gasteiger partial charge in [0.05, 0.1) is 0 Å². The number of rotatable bonds is 4. The Kier molecular flexibility index (Phi) is 4.77. The predicted octanol–water partition coefficient (Wildman–Crippen LogP) is 1.16. The first-order valence-corrected chi connectivity index (χ1v) is 6.12. The summed E-state index contributed by atoms with van der Waals surface area (Å²) in [6, 6.07) is -0.371. The van der Waals surface area contributed by atoms with Crippen molar-refractivity contribution in [1.82, 2.24) is 10.2 Å². The van der Waals surface area contributed by atoms with Gasteiger partial charge in [-0.1, -0.05) is 20.3 Å². The van der Waals surface area contributed by atoms with E-state index in [2.05, 4.69) is 19.2 Å². The van der Waals surface area contributed by atoms with E-state index in [1.54, 1.807) is 6.92 Å². The van der Waals surface area contributed by atoms with Gasteiger partial charge in [0, 0.05) is 19.5 Å². The first kappa shape index (κ1) is 13.0. The Morgan fingerprint density at radius 3 is 2.81 bits per heavy atom. The second-order valence-electron chi connectivity index (χ2n) is 4.72. The zero-order chi connectivity index (χ0) is 12.1. The number of carbonyl (C=O) groups excluding carboxylic acids is 2. The molecule has 0 spiro atoms. The number of nitrogens with one attached hydrogen (secondary N) is 1. The Hall–Kier alpha value is -1.06. The first-order valence-electron chi connectivity index (χ1n) is 6.12. The highest BCUT2D eigenvalue weighted by molar-refractivity contribution is 5.89. The summed E-state index contributed by atoms with van der Waals surface area (Å²) in [4.78, 5) is 25.1. The molecule has 1 N–H and O–H groups in total. The topological polar surface area (TPSA) is 49.4 Å². The van der Waals surface area contributed by atoms with Crippen molar-refractivity contribution in [3.05, 3.63) is 0 Å². The molecule has 1 saturated heterocycles. The fourth-order valence-electron chi connectivity index (χ4n) is 2.14. The Morgan fingerprint density at radius 2 is 2.19 bits per heavy atom. The van der Waals surface area contributed by atoms with Crippen molar-refractivity contribution in [2.45, 2.75) is 46.1 Å². The molecule has 0 aliphatic carbocycles. The lowest BCUT2D eigenvalue weighted by atomic mass is 10.1. The van der Waals surface area contributed by atoms with Crippen LogP contribution in [0.5, 0.6) is 0 Å². The number of nitrogens with zero attached hydrogens (tertiary/aromatic N) is 1. The number of hydrogen-bond donors (Lipinski definition) is 1. The quantitative estimate of drug-likeness (QED) is 0.782. The summed E-state index contributed by atoms with van der Waals surface area (Å²) in [5.74, 6) is 0.537. The summed E-state index contributed by atoms with van der Waals surface area (Å²) < 4.78 is 0. The standard InChI is InChI=1S/C12H22N2O2/c1-4-5-9(2)8-14-7-6-11(15)13-10(3)12(14)16/h9-10H,4-8H2,1-3H3,(H,13,15). The highest BCUT2D eigenvalue weighted by Crippen LogP contribution is 2.11. The largest absolute Gasteiger partial charge is 0.345 e. The lowest BCUT2D eigenvalue weighted by Gasteiger charge is -2.25. The van der Waals surface area contributed by atoms with Gasteiger partial charge in [-0.25, -0.2) is 0 Å². The molecule has 1 fully saturated rings. The van der Waals surface area contributed by atoms with Gasteiger partial charge in [-0.2, -0.15) is 0 Å². The molecule has 0 aromatic carbocycles. The van der Waals surface area contributed by atoms with Crippen LogP contribution in [0.15, 0.2) is 0 Å². The third-order valence-corrected chi connectivity index (χ3v) is 2.98. The van der Waals surface area contributed by atoms with Crippen molar-refractivity contribution in [3.63, 3.8) is 0 Å². The third kappa shape index (κ3) is 3.51. The van der Waals surface area contributed by atoms with Crippen LogP contribution < -0.4 is 5.32 Å². The molecule has 2 atom stereocenters. The molecular formula is C12H22N2O2. The van der Waals surface area contributed by atoms with E-state index in [9.17, 15) is 9.59 Å². The maximum Gasteiger partial charge on any atom is 0.244 e. The van der Waals surface area contributed by atoms with Crippen LogP contribution in [-0.2, 0) is 9.59 Å². The van der Waals surface area contributed by atoms with E-state index >= 15 is 0 Å². The van der Waals surface area contributed by atoms with Gasteiger partial charge < -0.3 is 10.2 Å². The highest BCUT2D eigenvalue weighted by atomic mass is 16.2. The van der Waals surface area contributed by atoms with Crippen molar-refractivity contribution >= 4 is 11.8 Å². The van der Waals surface area contributed by atoms with Crippen LogP contribution in [0.25, 0.3) is 0 Å². The molecule has 1 heterocycles. The molecule has 0 radical (unpaired) electrons. The normalized spacial score (nSPS) is 23.9. The number of amides is 2. The number of carbonyl (C=O) groups is 2. The molecule has 0 aromatic rings. The van der Waals surface area contributed by atoms with Gasteiger partial charge in [0.25, 0.3) is 0 Å². The van der Waals surface area contributed by atoms with Gasteiger partial charge in [-0.15, -0.1) is 0 Å². The minimum Gasteiger partial charge on any atom is -0.345 e. The van der Waals surface area contributed by atoms with E-state index in [0.29, 0.717) is 18.9 Å². The Labute approximate surface area is 97.4 Å². The summed E-state index contributed by atoms with van der Waals surface area (Å²) in [6.45, 7) is 7.38. The number of hydrogen-bond acceptors (Lipinski definition) is 2. The lowest BCUT2D eigenvalue weighted by Crippen LogP contribution is -2.44. The first-order chi connectivity index (χ1) is 7.54. The van der Waals surface area contributed by atoms with E-state index in [4.69, 9.17) is 0 Å². The molecule has 92 valence electrons. The van der Waals surface area contributed by atoms with E-state index < -0.39 is 0 Å². The van der Waals surface area contributed by atoms with Crippen molar-refractivity contribution in [1.29, 1.82) is 0 Å². The minimum absolute atomic E-state index is 0.0218. The Balaban J connectivity index is 2.57. The monoisotopic (exact) mass is 226 g/mol. The van der Waals surface area contributed by atoms with Crippen LogP contribution in [0, 0.1) is 5.92 Å². The third-order valence-electron chi connectivity index (χ3n) is 2.98. The highest BCUT2D eigenvalue weighted by Gasteiger charge is 2.26. The fraction of sp³-hybridized carbons (Fsp3) is 0.833. The van der Waals surface area contributed by atoms with Gasteiger partial charge in [-0.3, -0.25) is 9.59 Å². The smallest absolute Gasteiger partial charge is 0.244 e. The average molecular weight is 226 g/mol. The molecule has 0 aromatic heterocycles. The molecule has 2 amide bonds. The maximum absolute atomic E-state index is 11.9. The molecule has 4 nitrogen and oxygen atoms in total. The van der Waals surface area contributed by atoms with E-state index in [1.807, 2.05) is 4.90 Å². The van der Waals surface area contributed by atoms with E-state index in [-0.39, 0.29) is 17.9 Å². The van der Waals surface area contributed by atoms with Gasteiger partial charge in [0.1, 0.15) is 6.04 Å². The molecule has 1 aliphatic heterocycles. The molecule has 4 heteroatoms. The van der Waals surface area contributed by atoms with Crippen molar-refractivity contribution in [2.24, 2.45) is 5.92 Å². The van der Waals surface area contributed by atoms with Crippen molar-refractivity contribution in [2.75, 3.05) is 13.1 Å². The van der Waals surface area contributed by atoms with Crippen LogP contribution >= 0.6 is 0 Å². The summed E-state index contributed by atoms with van der Waals surface area (Å²) in [7, 11) is 0. The lowest BCUT2D eigenvalue weighted by molar-refractivity contribution is -0.133. The van der Waals surface area contributed by atoms with E-state index in [0.717, 1.165) is 19.4 Å². The predicted molar refractivity (Wildman–Crippen MR) is 62.9 cm³/mol. The van der Waals surface area contributed by atoms with Crippen LogP contribution in [0.3, 0.4) is 0 Å². The second-order valence-corrected chi connectivity index (χ2v) is 4.72. The van der Waals surface area contributed by atoms with Crippen molar-refractivity contribution < 1.29 is 9.59 Å². The maximum atomic E-state index is 11.9. The zero-order valence-electron chi connectivity index (χ0n) is 10.5. The van der Waals surface area contributed by atoms with E-state index in [1.165, 1.54) is 0 Å². The molecule has 0 bridgehead atoms. The average Bonchev–Trinajstić information content (AvgIpc) is 2.32.